The lowest BCUT2D eigenvalue weighted by atomic mass is 9.98. The van der Waals surface area contributed by atoms with E-state index in [1.54, 1.807) is 23.1 Å². The van der Waals surface area contributed by atoms with E-state index >= 15 is 0 Å². The second-order valence-corrected chi connectivity index (χ2v) is 8.56. The highest BCUT2D eigenvalue weighted by Crippen LogP contribution is 2.41. The summed E-state index contributed by atoms with van der Waals surface area (Å²) in [5.41, 5.74) is 1.51. The van der Waals surface area contributed by atoms with E-state index in [4.69, 9.17) is 4.74 Å². The topological polar surface area (TPSA) is 70.1 Å². The summed E-state index contributed by atoms with van der Waals surface area (Å²) in [6.07, 6.45) is 0.740. The third-order valence-electron chi connectivity index (χ3n) is 5.11. The van der Waals surface area contributed by atoms with Gasteiger partial charge in [0.15, 0.2) is 0 Å². The number of carbonyl (C=O) groups is 2. The van der Waals surface area contributed by atoms with Crippen molar-refractivity contribution in [2.45, 2.75) is 26.3 Å². The zero-order valence-corrected chi connectivity index (χ0v) is 18.7. The first-order valence-corrected chi connectivity index (χ1v) is 10.9. The summed E-state index contributed by atoms with van der Waals surface area (Å²) in [6, 6.07) is 8.50. The van der Waals surface area contributed by atoms with Crippen LogP contribution in [-0.2, 0) is 9.59 Å². The van der Waals surface area contributed by atoms with E-state index in [1.165, 1.54) is 11.3 Å². The van der Waals surface area contributed by atoms with Gasteiger partial charge in [-0.05, 0) is 76.1 Å². The van der Waals surface area contributed by atoms with Crippen molar-refractivity contribution in [1.82, 2.24) is 9.80 Å². The summed E-state index contributed by atoms with van der Waals surface area (Å²) >= 11 is 1.47. The van der Waals surface area contributed by atoms with E-state index in [2.05, 4.69) is 0 Å². The van der Waals surface area contributed by atoms with Crippen molar-refractivity contribution >= 4 is 28.8 Å². The Balaban J connectivity index is 2.03. The Morgan fingerprint density at radius 3 is 2.63 bits per heavy atom. The average molecular weight is 429 g/mol. The van der Waals surface area contributed by atoms with E-state index in [0.717, 1.165) is 29.2 Å². The monoisotopic (exact) mass is 428 g/mol. The number of likely N-dealkylation sites (tertiary alicyclic amines) is 1. The molecular weight excluding hydrogens is 400 g/mol. The van der Waals surface area contributed by atoms with Gasteiger partial charge in [-0.3, -0.25) is 9.59 Å². The molecule has 0 aliphatic carbocycles. The van der Waals surface area contributed by atoms with Crippen molar-refractivity contribution in [3.8, 4) is 5.75 Å². The smallest absolute Gasteiger partial charge is 0.295 e. The molecule has 30 heavy (non-hydrogen) atoms. The molecule has 1 atom stereocenters. The predicted octanol–water partition coefficient (Wildman–Crippen LogP) is 3.83. The number of ether oxygens (including phenoxy) is 1. The molecule has 2 heterocycles. The van der Waals surface area contributed by atoms with E-state index < -0.39 is 17.7 Å². The lowest BCUT2D eigenvalue weighted by molar-refractivity contribution is -0.139. The lowest BCUT2D eigenvalue weighted by Crippen LogP contribution is -2.32. The third kappa shape index (κ3) is 4.42. The van der Waals surface area contributed by atoms with Gasteiger partial charge >= 0.3 is 0 Å². The van der Waals surface area contributed by atoms with Gasteiger partial charge in [0.2, 0.25) is 0 Å². The summed E-state index contributed by atoms with van der Waals surface area (Å²) in [5, 5.41) is 13.0. The minimum Gasteiger partial charge on any atom is -0.507 e. The number of aliphatic hydroxyl groups is 1. The largest absolute Gasteiger partial charge is 0.507 e. The number of hydrogen-bond donors (Lipinski definition) is 1. The highest BCUT2D eigenvalue weighted by molar-refractivity contribution is 7.10. The first-order valence-electron chi connectivity index (χ1n) is 10.1. The summed E-state index contributed by atoms with van der Waals surface area (Å²) in [5.74, 6) is -0.611. The Bertz CT molecular complexity index is 950. The zero-order valence-electron chi connectivity index (χ0n) is 17.8. The van der Waals surface area contributed by atoms with Crippen LogP contribution in [0.4, 0.5) is 0 Å². The fourth-order valence-electron chi connectivity index (χ4n) is 3.68. The second kappa shape index (κ2) is 9.45. The number of Topliss-reactive ketones (excluding diaryl/α,β-unsaturated/α-hetero) is 1. The summed E-state index contributed by atoms with van der Waals surface area (Å²) in [7, 11) is 3.94. The van der Waals surface area contributed by atoms with Gasteiger partial charge in [-0.25, -0.2) is 0 Å². The number of rotatable bonds is 8. The number of aliphatic hydroxyl groups excluding tert-OH is 1. The first-order chi connectivity index (χ1) is 14.3. The fraction of sp³-hybridized carbons (Fsp3) is 0.391. The van der Waals surface area contributed by atoms with E-state index in [9.17, 15) is 14.7 Å². The van der Waals surface area contributed by atoms with Crippen LogP contribution in [0.5, 0.6) is 5.75 Å². The molecule has 1 N–H and O–H groups in total. The Morgan fingerprint density at radius 1 is 1.27 bits per heavy atom. The zero-order chi connectivity index (χ0) is 21.8. The average Bonchev–Trinajstić information content (AvgIpc) is 3.31. The van der Waals surface area contributed by atoms with Gasteiger partial charge in [0.05, 0.1) is 18.2 Å². The van der Waals surface area contributed by atoms with Crippen LogP contribution in [-0.4, -0.2) is 60.4 Å². The highest BCUT2D eigenvalue weighted by atomic mass is 32.1. The molecule has 3 rings (SSSR count). The first kappa shape index (κ1) is 22.1. The molecule has 1 aliphatic rings. The van der Waals surface area contributed by atoms with Crippen LogP contribution in [0.3, 0.4) is 0 Å². The van der Waals surface area contributed by atoms with Gasteiger partial charge in [-0.15, -0.1) is 11.3 Å². The molecule has 1 aromatic heterocycles. The molecule has 7 heteroatoms. The molecule has 2 aromatic rings. The maximum absolute atomic E-state index is 12.9. The van der Waals surface area contributed by atoms with Crippen LogP contribution in [0.15, 0.2) is 41.3 Å². The van der Waals surface area contributed by atoms with Crippen molar-refractivity contribution in [3.05, 3.63) is 57.3 Å². The van der Waals surface area contributed by atoms with Gasteiger partial charge in [-0.2, -0.15) is 0 Å². The molecule has 1 unspecified atom stereocenters. The molecule has 1 amide bonds. The van der Waals surface area contributed by atoms with Crippen molar-refractivity contribution in [3.63, 3.8) is 0 Å². The van der Waals surface area contributed by atoms with Gasteiger partial charge in [0.1, 0.15) is 11.5 Å². The van der Waals surface area contributed by atoms with Crippen LogP contribution in [0.1, 0.15) is 35.4 Å². The molecule has 0 radical (unpaired) electrons. The van der Waals surface area contributed by atoms with Crippen molar-refractivity contribution in [2.24, 2.45) is 0 Å². The van der Waals surface area contributed by atoms with Crippen LogP contribution >= 0.6 is 11.3 Å². The van der Waals surface area contributed by atoms with Crippen molar-refractivity contribution < 1.29 is 19.4 Å². The third-order valence-corrected chi connectivity index (χ3v) is 6.03. The van der Waals surface area contributed by atoms with E-state index in [0.29, 0.717) is 18.7 Å². The Kier molecular flexibility index (Phi) is 6.95. The quantitative estimate of drug-likeness (QED) is 0.393. The molecule has 160 valence electrons. The van der Waals surface area contributed by atoms with Crippen LogP contribution < -0.4 is 4.74 Å². The highest BCUT2D eigenvalue weighted by Gasteiger charge is 2.46. The van der Waals surface area contributed by atoms with Crippen LogP contribution in [0.25, 0.3) is 5.76 Å². The summed E-state index contributed by atoms with van der Waals surface area (Å²) in [4.78, 5) is 30.3. The van der Waals surface area contributed by atoms with Gasteiger partial charge in [0.25, 0.3) is 11.7 Å². The minimum absolute atomic E-state index is 0.145. The molecule has 0 spiro atoms. The second-order valence-electron chi connectivity index (χ2n) is 7.58. The van der Waals surface area contributed by atoms with Crippen molar-refractivity contribution in [1.29, 1.82) is 0 Å². The molecule has 6 nitrogen and oxygen atoms in total. The lowest BCUT2D eigenvalue weighted by Gasteiger charge is -2.24. The number of amides is 1. The SMILES string of the molecule is CCOc1ccc(/C(O)=C2/C(=O)C(=O)N(CCCN(C)C)C2c2cccs2)cc1C. The fourth-order valence-corrected chi connectivity index (χ4v) is 4.53. The minimum atomic E-state index is -0.637. The Hall–Kier alpha value is -2.64. The number of carbonyl (C=O) groups excluding carboxylic acids is 2. The van der Waals surface area contributed by atoms with Gasteiger partial charge < -0.3 is 19.6 Å². The maximum Gasteiger partial charge on any atom is 0.295 e. The number of hydrogen-bond acceptors (Lipinski definition) is 6. The van der Waals surface area contributed by atoms with Gasteiger partial charge in [0, 0.05) is 17.0 Å². The maximum atomic E-state index is 12.9. The molecule has 1 fully saturated rings. The number of ketones is 1. The van der Waals surface area contributed by atoms with Crippen molar-refractivity contribution in [2.75, 3.05) is 33.8 Å². The predicted molar refractivity (Wildman–Crippen MR) is 119 cm³/mol. The van der Waals surface area contributed by atoms with Crippen LogP contribution in [0.2, 0.25) is 0 Å². The van der Waals surface area contributed by atoms with E-state index in [1.807, 2.05) is 50.4 Å². The summed E-state index contributed by atoms with van der Waals surface area (Å²) in [6.45, 7) is 5.59. The normalized spacial score (nSPS) is 18.4. The van der Waals surface area contributed by atoms with E-state index in [-0.39, 0.29) is 11.3 Å². The standard InChI is InChI=1S/C23H28N2O4S/c1-5-29-17-10-9-16(14-15(17)2)21(26)19-20(18-8-6-13-30-18)25(23(28)22(19)27)12-7-11-24(3)4/h6,8-10,13-14,20,26H,5,7,11-12H2,1-4H3/b21-19-. The number of aryl methyl sites for hydroxylation is 1. The molecular formula is C23H28N2O4S. The molecule has 0 saturated carbocycles. The molecule has 1 saturated heterocycles. The van der Waals surface area contributed by atoms with Gasteiger partial charge in [-0.1, -0.05) is 6.07 Å². The Labute approximate surface area is 181 Å². The summed E-state index contributed by atoms with van der Waals surface area (Å²) < 4.78 is 5.57. The van der Waals surface area contributed by atoms with Crippen LogP contribution in [0, 0.1) is 6.92 Å². The molecule has 1 aliphatic heterocycles. The molecule has 0 bridgehead atoms. The Morgan fingerprint density at radius 2 is 2.03 bits per heavy atom. The molecule has 1 aromatic carbocycles. The number of nitrogens with zero attached hydrogens (tertiary/aromatic N) is 2. The number of benzene rings is 1. The number of thiophene rings is 1.